The Morgan fingerprint density at radius 1 is 1.18 bits per heavy atom. The number of anilines is 1. The molecule has 0 aliphatic carbocycles. The molecule has 0 saturated carbocycles. The van der Waals surface area contributed by atoms with Gasteiger partial charge in [-0.1, -0.05) is 0 Å². The van der Waals surface area contributed by atoms with Crippen molar-refractivity contribution in [3.05, 3.63) is 35.0 Å². The Morgan fingerprint density at radius 2 is 1.85 bits per heavy atom. The summed E-state index contributed by atoms with van der Waals surface area (Å²) >= 11 is 0. The largest absolute Gasteiger partial charge is 0.490 e. The normalized spacial score (nSPS) is 27.4. The van der Waals surface area contributed by atoms with Gasteiger partial charge in [-0.2, -0.15) is 13.6 Å². The molecule has 6 atom stereocenters. The van der Waals surface area contributed by atoms with Crippen molar-refractivity contribution in [2.24, 2.45) is 5.73 Å². The molecule has 0 spiro atoms. The third-order valence-electron chi connectivity index (χ3n) is 3.74. The molecule has 1 aliphatic rings. The van der Waals surface area contributed by atoms with Crippen molar-refractivity contribution in [3.8, 4) is 0 Å². The van der Waals surface area contributed by atoms with E-state index in [1.54, 1.807) is 0 Å². The van der Waals surface area contributed by atoms with Crippen molar-refractivity contribution in [2.45, 2.75) is 24.5 Å². The molecule has 1 aliphatic heterocycles. The number of nitrogen functional groups attached to an aromatic ring is 1. The summed E-state index contributed by atoms with van der Waals surface area (Å²) in [6.07, 6.45) is -2.96. The van der Waals surface area contributed by atoms with Gasteiger partial charge < -0.3 is 45.6 Å². The summed E-state index contributed by atoms with van der Waals surface area (Å²) in [5.74, 6) is -0.137. The van der Waals surface area contributed by atoms with Gasteiger partial charge in [-0.15, -0.1) is 0 Å². The zero-order valence-electron chi connectivity index (χ0n) is 16.3. The number of phosphoric ester groups is 1. The number of aromatic nitrogens is 2. The third kappa shape index (κ3) is 8.35. The maximum absolute atomic E-state index is 12.2. The molecule has 2 heterocycles. The van der Waals surface area contributed by atoms with E-state index in [1.165, 1.54) is 12.1 Å². The Labute approximate surface area is 184 Å². The van der Waals surface area contributed by atoms with Crippen molar-refractivity contribution in [3.63, 3.8) is 0 Å². The number of nitrogens with two attached hydrogens (primary N) is 2. The smallest absolute Gasteiger partial charge is 0.405 e. The first-order valence-electron chi connectivity index (χ1n) is 8.59. The monoisotopic (exact) mass is 538 g/mol. The van der Waals surface area contributed by atoms with E-state index in [0.29, 0.717) is 0 Å². The van der Waals surface area contributed by atoms with E-state index in [-0.39, 0.29) is 12.4 Å². The van der Waals surface area contributed by atoms with Gasteiger partial charge in [-0.25, -0.2) is 18.5 Å². The second-order valence-electron chi connectivity index (χ2n) is 6.22. The molecule has 1 saturated heterocycles. The number of hydrogen-bond donors (Lipinski definition) is 7. The molecule has 0 amide bonds. The van der Waals surface area contributed by atoms with Crippen LogP contribution in [0.3, 0.4) is 0 Å². The molecule has 18 nitrogen and oxygen atoms in total. The van der Waals surface area contributed by atoms with Gasteiger partial charge in [0.15, 0.2) is 6.23 Å². The Bertz CT molecular complexity index is 1060. The van der Waals surface area contributed by atoms with E-state index in [0.717, 1.165) is 17.0 Å². The van der Waals surface area contributed by atoms with E-state index >= 15 is 0 Å². The number of phosphoric acid groups is 3. The average Bonchev–Trinajstić information content (AvgIpc) is 2.91. The first-order chi connectivity index (χ1) is 15.1. The van der Waals surface area contributed by atoms with Crippen LogP contribution in [0.15, 0.2) is 29.3 Å². The summed E-state index contributed by atoms with van der Waals surface area (Å²) < 4.78 is 58.0. The standard InChI is InChI=1S/C12H21N4O14P3/c13-3-1-5-26-6-7-10(28-32(22,23)30-33(24,25)29-31(19,20)21)9(17)11(27-7)16-4-2-8(14)15-12(16)18/h1-4,7,9-11,17H,5-6,13H2,(H,22,23)(H,24,25)(H2,14,15,18)(H2,19,20,21)/t7-,9-,10-,11-/m1/s1. The Morgan fingerprint density at radius 3 is 2.42 bits per heavy atom. The molecular weight excluding hydrogens is 517 g/mol. The predicted molar refractivity (Wildman–Crippen MR) is 106 cm³/mol. The molecule has 188 valence electrons. The second kappa shape index (κ2) is 10.8. The molecule has 0 bridgehead atoms. The zero-order chi connectivity index (χ0) is 25.0. The average molecular weight is 538 g/mol. The van der Waals surface area contributed by atoms with Gasteiger partial charge in [-0.05, 0) is 18.3 Å². The lowest BCUT2D eigenvalue weighted by Crippen LogP contribution is -2.37. The van der Waals surface area contributed by atoms with Crippen LogP contribution in [0.2, 0.25) is 0 Å². The molecule has 21 heteroatoms. The number of nitrogens with zero attached hydrogens (tertiary/aromatic N) is 2. The summed E-state index contributed by atoms with van der Waals surface area (Å²) in [5, 5.41) is 10.6. The van der Waals surface area contributed by atoms with Crippen LogP contribution in [0.1, 0.15) is 6.23 Å². The molecule has 1 aromatic rings. The predicted octanol–water partition coefficient (Wildman–Crippen LogP) is -1.72. The maximum Gasteiger partial charge on any atom is 0.490 e. The molecular formula is C12H21N4O14P3. The van der Waals surface area contributed by atoms with E-state index in [4.69, 9.17) is 35.3 Å². The lowest BCUT2D eigenvalue weighted by Gasteiger charge is -2.23. The van der Waals surface area contributed by atoms with Crippen molar-refractivity contribution in [1.29, 1.82) is 0 Å². The highest BCUT2D eigenvalue weighted by atomic mass is 31.3. The summed E-state index contributed by atoms with van der Waals surface area (Å²) in [4.78, 5) is 51.8. The fraction of sp³-hybridized carbons (Fsp3) is 0.500. The molecule has 9 N–H and O–H groups in total. The minimum atomic E-state index is -5.81. The maximum atomic E-state index is 12.2. The van der Waals surface area contributed by atoms with Crippen LogP contribution in [0.5, 0.6) is 0 Å². The third-order valence-corrected chi connectivity index (χ3v) is 7.58. The van der Waals surface area contributed by atoms with Crippen LogP contribution >= 0.6 is 23.5 Å². The van der Waals surface area contributed by atoms with Crippen molar-refractivity contribution >= 4 is 29.3 Å². The van der Waals surface area contributed by atoms with Crippen LogP contribution in [0.25, 0.3) is 0 Å². The molecule has 1 aromatic heterocycles. The van der Waals surface area contributed by atoms with Crippen molar-refractivity contribution in [2.75, 3.05) is 18.9 Å². The SMILES string of the molecule is NC=CCOC[C@H]1O[C@@H](n2ccc(N)nc2=O)[C@H](O)[C@@H]1OP(=O)(O)OP(=O)(O)OP(=O)(O)O. The van der Waals surface area contributed by atoms with Gasteiger partial charge in [0.25, 0.3) is 0 Å². The molecule has 0 radical (unpaired) electrons. The zero-order valence-corrected chi connectivity index (χ0v) is 19.0. The number of ether oxygens (including phenoxy) is 2. The van der Waals surface area contributed by atoms with Gasteiger partial charge >= 0.3 is 29.2 Å². The lowest BCUT2D eigenvalue weighted by atomic mass is 10.1. The first kappa shape index (κ1) is 27.8. The van der Waals surface area contributed by atoms with Crippen LogP contribution in [0, 0.1) is 0 Å². The molecule has 33 heavy (non-hydrogen) atoms. The summed E-state index contributed by atoms with van der Waals surface area (Å²) in [6.45, 7) is -0.460. The highest BCUT2D eigenvalue weighted by Gasteiger charge is 2.51. The molecule has 2 unspecified atom stereocenters. The summed E-state index contributed by atoms with van der Waals surface area (Å²) in [5.41, 5.74) is 9.62. The Kier molecular flexibility index (Phi) is 9.12. The lowest BCUT2D eigenvalue weighted by molar-refractivity contribution is -0.0648. The van der Waals surface area contributed by atoms with Crippen molar-refractivity contribution in [1.82, 2.24) is 9.55 Å². The number of hydrogen-bond acceptors (Lipinski definition) is 13. The quantitative estimate of drug-likeness (QED) is 0.122. The summed E-state index contributed by atoms with van der Waals surface area (Å²) in [6, 6.07) is 1.20. The van der Waals surface area contributed by atoms with Gasteiger partial charge in [0.05, 0.1) is 13.2 Å². The number of rotatable bonds is 11. The highest BCUT2D eigenvalue weighted by Crippen LogP contribution is 2.67. The molecule has 0 aromatic carbocycles. The van der Waals surface area contributed by atoms with Crippen LogP contribution in [-0.2, 0) is 36.3 Å². The number of aliphatic hydroxyl groups is 1. The van der Waals surface area contributed by atoms with E-state index < -0.39 is 60.3 Å². The summed E-state index contributed by atoms with van der Waals surface area (Å²) in [7, 11) is -17.1. The first-order valence-corrected chi connectivity index (χ1v) is 13.1. The van der Waals surface area contributed by atoms with Gasteiger partial charge in [0, 0.05) is 6.20 Å². The van der Waals surface area contributed by atoms with Crippen LogP contribution in [-0.4, -0.2) is 65.8 Å². The minimum absolute atomic E-state index is 0.0531. The van der Waals surface area contributed by atoms with E-state index in [2.05, 4.69) is 13.6 Å². The topological polar surface area (TPSA) is 285 Å². The van der Waals surface area contributed by atoms with Gasteiger partial charge in [0.1, 0.15) is 24.1 Å². The van der Waals surface area contributed by atoms with E-state index in [1.807, 2.05) is 0 Å². The van der Waals surface area contributed by atoms with Crippen LogP contribution < -0.4 is 17.2 Å². The molecule has 2 rings (SSSR count). The second-order valence-corrected chi connectivity index (χ2v) is 10.6. The number of aliphatic hydroxyl groups excluding tert-OH is 1. The fourth-order valence-corrected chi connectivity index (χ4v) is 5.82. The minimum Gasteiger partial charge on any atom is -0.405 e. The van der Waals surface area contributed by atoms with E-state index in [9.17, 15) is 33.4 Å². The fourth-order valence-electron chi connectivity index (χ4n) is 2.59. The molecule has 1 fully saturated rings. The van der Waals surface area contributed by atoms with Gasteiger partial charge in [-0.3, -0.25) is 9.09 Å². The van der Waals surface area contributed by atoms with Crippen LogP contribution in [0.4, 0.5) is 5.82 Å². The van der Waals surface area contributed by atoms with Crippen molar-refractivity contribution < 1.29 is 61.0 Å². The Hall–Kier alpha value is -1.49. The Balaban J connectivity index is 2.27. The van der Waals surface area contributed by atoms with Gasteiger partial charge in [0.2, 0.25) is 0 Å². The highest BCUT2D eigenvalue weighted by molar-refractivity contribution is 7.66.